The first-order valence-electron chi connectivity index (χ1n) is 8.45. The number of hydrogen-bond donors (Lipinski definition) is 0. The van der Waals surface area contributed by atoms with Gasteiger partial charge in [-0.25, -0.2) is 8.78 Å². The molecule has 0 aliphatic rings. The molecule has 0 radical (unpaired) electrons. The Kier molecular flexibility index (Phi) is 6.52. The van der Waals surface area contributed by atoms with Gasteiger partial charge in [0.05, 0.1) is 11.1 Å². The van der Waals surface area contributed by atoms with E-state index in [9.17, 15) is 26.7 Å². The van der Waals surface area contributed by atoms with E-state index in [1.165, 1.54) is 12.1 Å². The van der Waals surface area contributed by atoms with E-state index in [1.807, 2.05) is 0 Å². The van der Waals surface area contributed by atoms with Gasteiger partial charge in [0.15, 0.2) is 6.29 Å². The molecule has 0 amide bonds. The molecule has 0 saturated heterocycles. The highest BCUT2D eigenvalue weighted by Gasteiger charge is 2.36. The van der Waals surface area contributed by atoms with Crippen molar-refractivity contribution < 1.29 is 26.7 Å². The van der Waals surface area contributed by atoms with E-state index in [1.54, 1.807) is 13.0 Å². The lowest BCUT2D eigenvalue weighted by Gasteiger charge is -2.17. The predicted octanol–water partition coefficient (Wildman–Crippen LogP) is 6.67. The minimum absolute atomic E-state index is 0.0436. The molecule has 1 nitrogen and oxygen atoms in total. The van der Waals surface area contributed by atoms with Crippen LogP contribution in [0.5, 0.6) is 0 Å². The second-order valence-corrected chi connectivity index (χ2v) is 6.33. The maximum Gasteiger partial charge on any atom is 0.419 e. The zero-order chi connectivity index (χ0) is 20.2. The highest BCUT2D eigenvalue weighted by atomic mass is 19.4. The quantitative estimate of drug-likeness (QED) is 0.226. The molecule has 0 N–H and O–H groups in total. The van der Waals surface area contributed by atoms with Crippen LogP contribution >= 0.6 is 0 Å². The van der Waals surface area contributed by atoms with Gasteiger partial charge < -0.3 is 0 Å². The Hall–Kier alpha value is -2.50. The molecule has 6 heteroatoms. The van der Waals surface area contributed by atoms with E-state index < -0.39 is 28.9 Å². The normalized spacial score (nSPS) is 11.5. The third-order valence-corrected chi connectivity index (χ3v) is 4.31. The van der Waals surface area contributed by atoms with Crippen LogP contribution in [0, 0.1) is 18.6 Å². The molecule has 2 rings (SSSR count). The lowest BCUT2D eigenvalue weighted by Crippen LogP contribution is -2.11. The van der Waals surface area contributed by atoms with Crippen LogP contribution < -0.4 is 0 Å². The van der Waals surface area contributed by atoms with Crippen molar-refractivity contribution in [3.63, 3.8) is 0 Å². The second kappa shape index (κ2) is 8.46. The number of halogens is 5. The summed E-state index contributed by atoms with van der Waals surface area (Å²) < 4.78 is 67.4. The molecule has 0 aliphatic heterocycles. The summed E-state index contributed by atoms with van der Waals surface area (Å²) in [5.41, 5.74) is -0.811. The molecule has 2 aromatic rings. The molecule has 0 aromatic heterocycles. The number of aryl methyl sites for hydroxylation is 2. The molecular weight excluding hydrogens is 363 g/mol. The minimum atomic E-state index is -4.95. The fraction of sp³-hybridized carbons (Fsp3) is 0.286. The van der Waals surface area contributed by atoms with Crippen LogP contribution in [0.4, 0.5) is 22.0 Å². The van der Waals surface area contributed by atoms with Crippen LogP contribution in [-0.4, -0.2) is 6.29 Å². The number of aldehydes is 1. The van der Waals surface area contributed by atoms with E-state index in [4.69, 9.17) is 0 Å². The first kappa shape index (κ1) is 20.8. The van der Waals surface area contributed by atoms with E-state index in [0.29, 0.717) is 35.6 Å². The van der Waals surface area contributed by atoms with Gasteiger partial charge >= 0.3 is 6.18 Å². The summed E-state index contributed by atoms with van der Waals surface area (Å²) in [6.45, 7) is 5.20. The lowest BCUT2D eigenvalue weighted by atomic mass is 9.90. The van der Waals surface area contributed by atoms with Gasteiger partial charge in [-0.3, -0.25) is 4.79 Å². The molecule has 0 fully saturated rings. The topological polar surface area (TPSA) is 17.1 Å². The molecule has 0 atom stereocenters. The van der Waals surface area contributed by atoms with E-state index >= 15 is 0 Å². The molecule has 0 saturated carbocycles. The smallest absolute Gasteiger partial charge is 0.298 e. The molecule has 27 heavy (non-hydrogen) atoms. The molecule has 0 unspecified atom stereocenters. The number of carbonyl (C=O) groups excluding carboxylic acids is 1. The summed E-state index contributed by atoms with van der Waals surface area (Å²) in [6.07, 6.45) is -0.439. The average Bonchev–Trinajstić information content (AvgIpc) is 2.58. The highest BCUT2D eigenvalue weighted by Crippen LogP contribution is 2.38. The first-order chi connectivity index (χ1) is 12.7. The van der Waals surface area contributed by atoms with Crippen molar-refractivity contribution in [3.8, 4) is 11.1 Å². The molecule has 0 bridgehead atoms. The summed E-state index contributed by atoms with van der Waals surface area (Å²) in [6, 6.07) is 4.23. The van der Waals surface area contributed by atoms with Crippen LogP contribution in [0.1, 0.15) is 46.3 Å². The summed E-state index contributed by atoms with van der Waals surface area (Å²) >= 11 is 0. The third kappa shape index (κ3) is 4.81. The molecule has 0 aliphatic carbocycles. The van der Waals surface area contributed by atoms with Crippen molar-refractivity contribution >= 4 is 6.29 Å². The average molecular weight is 382 g/mol. The molecule has 144 valence electrons. The SMILES string of the molecule is C=CCCCCc1cc(F)cc(C)c1-c1cc(C=O)c(F)c(C(F)(F)F)c1. The minimum Gasteiger partial charge on any atom is -0.298 e. The van der Waals surface area contributed by atoms with E-state index in [2.05, 4.69) is 6.58 Å². The Bertz CT molecular complexity index is 853. The monoisotopic (exact) mass is 382 g/mol. The van der Waals surface area contributed by atoms with Crippen LogP contribution in [0.15, 0.2) is 36.9 Å². The van der Waals surface area contributed by atoms with Crippen LogP contribution in [0.25, 0.3) is 11.1 Å². The van der Waals surface area contributed by atoms with Gasteiger partial charge in [0.25, 0.3) is 0 Å². The second-order valence-electron chi connectivity index (χ2n) is 6.33. The Morgan fingerprint density at radius 2 is 1.78 bits per heavy atom. The van der Waals surface area contributed by atoms with Crippen molar-refractivity contribution in [1.82, 2.24) is 0 Å². The highest BCUT2D eigenvalue weighted by molar-refractivity contribution is 5.82. The van der Waals surface area contributed by atoms with Gasteiger partial charge in [0.1, 0.15) is 11.6 Å². The zero-order valence-electron chi connectivity index (χ0n) is 14.8. The van der Waals surface area contributed by atoms with Gasteiger partial charge in [-0.05, 0) is 79.1 Å². The number of unbranched alkanes of at least 4 members (excludes halogenated alkanes) is 2. The summed E-state index contributed by atoms with van der Waals surface area (Å²) in [5, 5.41) is 0. The Labute approximate surface area is 154 Å². The number of benzene rings is 2. The van der Waals surface area contributed by atoms with Crippen molar-refractivity contribution in [2.75, 3.05) is 0 Å². The van der Waals surface area contributed by atoms with Gasteiger partial charge in [-0.1, -0.05) is 6.08 Å². The van der Waals surface area contributed by atoms with Gasteiger partial charge in [0.2, 0.25) is 0 Å². The maximum absolute atomic E-state index is 14.0. The number of allylic oxidation sites excluding steroid dienone is 1. The maximum atomic E-state index is 14.0. The van der Waals surface area contributed by atoms with Gasteiger partial charge in [-0.15, -0.1) is 6.58 Å². The Morgan fingerprint density at radius 3 is 2.37 bits per heavy atom. The third-order valence-electron chi connectivity index (χ3n) is 4.31. The van der Waals surface area contributed by atoms with Crippen LogP contribution in [-0.2, 0) is 12.6 Å². The van der Waals surface area contributed by atoms with E-state index in [0.717, 1.165) is 18.9 Å². The lowest BCUT2D eigenvalue weighted by molar-refractivity contribution is -0.139. The van der Waals surface area contributed by atoms with Crippen LogP contribution in [0.3, 0.4) is 0 Å². The number of hydrogen-bond acceptors (Lipinski definition) is 1. The summed E-state index contributed by atoms with van der Waals surface area (Å²) in [7, 11) is 0. The standard InChI is InChI=1S/C21H19F5O/c1-3-4-5-6-7-14-10-17(22)8-13(2)19(14)15-9-16(12-27)20(23)18(11-15)21(24,25)26/h3,8-12H,1,4-7H2,2H3. The molecule has 0 heterocycles. The van der Waals surface area contributed by atoms with Crippen molar-refractivity contribution in [1.29, 1.82) is 0 Å². The fourth-order valence-electron chi connectivity index (χ4n) is 3.11. The van der Waals surface area contributed by atoms with Crippen LogP contribution in [0.2, 0.25) is 0 Å². The first-order valence-corrected chi connectivity index (χ1v) is 8.45. The summed E-state index contributed by atoms with van der Waals surface area (Å²) in [4.78, 5) is 11.1. The number of alkyl halides is 3. The summed E-state index contributed by atoms with van der Waals surface area (Å²) in [5.74, 6) is -2.10. The largest absolute Gasteiger partial charge is 0.419 e. The molecule has 2 aromatic carbocycles. The number of rotatable bonds is 7. The van der Waals surface area contributed by atoms with E-state index in [-0.39, 0.29) is 11.8 Å². The zero-order valence-corrected chi connectivity index (χ0v) is 14.8. The van der Waals surface area contributed by atoms with Gasteiger partial charge in [-0.2, -0.15) is 13.2 Å². The van der Waals surface area contributed by atoms with Gasteiger partial charge in [0, 0.05) is 0 Å². The molecule has 0 spiro atoms. The number of carbonyl (C=O) groups is 1. The Balaban J connectivity index is 2.63. The predicted molar refractivity (Wildman–Crippen MR) is 94.7 cm³/mol. The fourth-order valence-corrected chi connectivity index (χ4v) is 3.11. The van der Waals surface area contributed by atoms with Crippen molar-refractivity contribution in [2.45, 2.75) is 38.8 Å². The van der Waals surface area contributed by atoms with Crippen molar-refractivity contribution in [2.24, 2.45) is 0 Å². The molecular formula is C21H19F5O. The Morgan fingerprint density at radius 1 is 1.07 bits per heavy atom. The van der Waals surface area contributed by atoms with Crippen molar-refractivity contribution in [3.05, 3.63) is 70.8 Å².